The van der Waals surface area contributed by atoms with Crippen LogP contribution in [0.15, 0.2) is 36.4 Å². The van der Waals surface area contributed by atoms with Gasteiger partial charge in [0.2, 0.25) is 5.95 Å². The number of nitrogens with zero attached hydrogens (tertiary/aromatic N) is 4. The van der Waals surface area contributed by atoms with E-state index in [1.807, 2.05) is 35.2 Å². The monoisotopic (exact) mass is 419 g/mol. The van der Waals surface area contributed by atoms with Gasteiger partial charge in [-0.25, -0.2) is 4.98 Å². The van der Waals surface area contributed by atoms with Crippen molar-refractivity contribution in [2.24, 2.45) is 0 Å². The molecule has 3 heterocycles. The van der Waals surface area contributed by atoms with Gasteiger partial charge < -0.3 is 25.0 Å². The lowest BCUT2D eigenvalue weighted by atomic mass is 10.0. The Balaban J connectivity index is 1.34. The molecule has 0 unspecified atom stereocenters. The highest BCUT2D eigenvalue weighted by Gasteiger charge is 2.34. The van der Waals surface area contributed by atoms with Gasteiger partial charge in [0.05, 0.1) is 19.7 Å². The second-order valence-electron chi connectivity index (χ2n) is 7.94. The summed E-state index contributed by atoms with van der Waals surface area (Å²) in [6, 6.07) is 11.7. The molecule has 160 valence electrons. The molecule has 5 rings (SSSR count). The quantitative estimate of drug-likeness (QED) is 0.695. The first-order valence-corrected chi connectivity index (χ1v) is 10.4. The Morgan fingerprint density at radius 1 is 1.03 bits per heavy atom. The SMILES string of the molecule is COc1cc2nc(N3CCC(N4Cc5ccccc5C4=O)CC3)nc(N)c2cc1OC. The summed E-state index contributed by atoms with van der Waals surface area (Å²) >= 11 is 0. The number of nitrogens with two attached hydrogens (primary N) is 1. The van der Waals surface area contributed by atoms with Crippen molar-refractivity contribution < 1.29 is 14.3 Å². The molecule has 0 aliphatic carbocycles. The van der Waals surface area contributed by atoms with Crippen molar-refractivity contribution in [3.05, 3.63) is 47.5 Å². The van der Waals surface area contributed by atoms with Crippen LogP contribution in [0.2, 0.25) is 0 Å². The van der Waals surface area contributed by atoms with Gasteiger partial charge in [-0.3, -0.25) is 4.79 Å². The molecular weight excluding hydrogens is 394 g/mol. The van der Waals surface area contributed by atoms with E-state index in [2.05, 4.69) is 9.88 Å². The third-order valence-corrected chi connectivity index (χ3v) is 6.26. The number of benzene rings is 2. The van der Waals surface area contributed by atoms with E-state index in [0.29, 0.717) is 35.3 Å². The Kier molecular flexibility index (Phi) is 4.77. The topological polar surface area (TPSA) is 93.8 Å². The van der Waals surface area contributed by atoms with E-state index >= 15 is 0 Å². The fourth-order valence-electron chi connectivity index (χ4n) is 4.56. The Labute approximate surface area is 180 Å². The molecule has 0 radical (unpaired) electrons. The minimum atomic E-state index is 0.140. The minimum Gasteiger partial charge on any atom is -0.493 e. The zero-order valence-corrected chi connectivity index (χ0v) is 17.7. The fraction of sp³-hybridized carbons (Fsp3) is 0.348. The van der Waals surface area contributed by atoms with Gasteiger partial charge in [0.25, 0.3) is 5.91 Å². The average Bonchev–Trinajstić information content (AvgIpc) is 3.15. The Morgan fingerprint density at radius 2 is 1.74 bits per heavy atom. The van der Waals surface area contributed by atoms with E-state index in [4.69, 9.17) is 20.2 Å². The summed E-state index contributed by atoms with van der Waals surface area (Å²) in [6.45, 7) is 2.23. The summed E-state index contributed by atoms with van der Waals surface area (Å²) < 4.78 is 10.8. The number of aromatic nitrogens is 2. The molecule has 1 fully saturated rings. The maximum atomic E-state index is 12.8. The van der Waals surface area contributed by atoms with Crippen molar-refractivity contribution in [3.8, 4) is 11.5 Å². The van der Waals surface area contributed by atoms with Crippen molar-refractivity contribution in [3.63, 3.8) is 0 Å². The van der Waals surface area contributed by atoms with E-state index in [9.17, 15) is 4.79 Å². The summed E-state index contributed by atoms with van der Waals surface area (Å²) in [7, 11) is 3.18. The molecule has 3 aromatic rings. The van der Waals surface area contributed by atoms with Crippen LogP contribution < -0.4 is 20.1 Å². The zero-order chi connectivity index (χ0) is 21.5. The third-order valence-electron chi connectivity index (χ3n) is 6.26. The molecular formula is C23H25N5O3. The average molecular weight is 419 g/mol. The minimum absolute atomic E-state index is 0.140. The normalized spacial score (nSPS) is 16.6. The van der Waals surface area contributed by atoms with Gasteiger partial charge in [0, 0.05) is 42.7 Å². The number of piperidine rings is 1. The van der Waals surface area contributed by atoms with Crippen LogP contribution in [0, 0.1) is 0 Å². The highest BCUT2D eigenvalue weighted by atomic mass is 16.5. The van der Waals surface area contributed by atoms with Crippen LogP contribution in [0.1, 0.15) is 28.8 Å². The summed E-state index contributed by atoms with van der Waals surface area (Å²) in [5, 5.41) is 0.733. The van der Waals surface area contributed by atoms with E-state index in [0.717, 1.165) is 42.4 Å². The van der Waals surface area contributed by atoms with Crippen molar-refractivity contribution in [1.29, 1.82) is 0 Å². The zero-order valence-electron chi connectivity index (χ0n) is 17.7. The van der Waals surface area contributed by atoms with Crippen molar-refractivity contribution in [2.45, 2.75) is 25.4 Å². The second-order valence-corrected chi connectivity index (χ2v) is 7.94. The lowest BCUT2D eigenvalue weighted by Crippen LogP contribution is -2.45. The molecule has 8 nitrogen and oxygen atoms in total. The molecule has 2 aliphatic heterocycles. The highest BCUT2D eigenvalue weighted by Crippen LogP contribution is 2.35. The van der Waals surface area contributed by atoms with Gasteiger partial charge in [0.15, 0.2) is 11.5 Å². The molecule has 0 atom stereocenters. The molecule has 0 saturated carbocycles. The lowest BCUT2D eigenvalue weighted by Gasteiger charge is -2.36. The number of fused-ring (bicyclic) bond motifs is 2. The van der Waals surface area contributed by atoms with Gasteiger partial charge in [-0.2, -0.15) is 4.98 Å². The highest BCUT2D eigenvalue weighted by molar-refractivity contribution is 5.98. The van der Waals surface area contributed by atoms with Crippen LogP contribution in [0.3, 0.4) is 0 Å². The number of carbonyl (C=O) groups is 1. The second kappa shape index (κ2) is 7.61. The Bertz CT molecular complexity index is 1160. The predicted octanol–water partition coefficient (Wildman–Crippen LogP) is 2.85. The largest absolute Gasteiger partial charge is 0.493 e. The molecule has 0 spiro atoms. The standard InChI is InChI=1S/C23H25N5O3/c1-30-19-11-17-18(12-20(19)31-2)25-23(26-21(17)24)27-9-7-15(8-10-27)28-13-14-5-3-4-6-16(14)22(28)29/h3-6,11-12,15H,7-10,13H2,1-2H3,(H2,24,25,26). The molecule has 2 aromatic carbocycles. The van der Waals surface area contributed by atoms with Gasteiger partial charge in [-0.15, -0.1) is 0 Å². The number of rotatable bonds is 4. The summed E-state index contributed by atoms with van der Waals surface area (Å²) in [5.41, 5.74) is 8.91. The Hall–Kier alpha value is -3.55. The Morgan fingerprint density at radius 3 is 2.45 bits per heavy atom. The van der Waals surface area contributed by atoms with Gasteiger partial charge in [-0.1, -0.05) is 18.2 Å². The first kappa shape index (κ1) is 19.4. The molecule has 1 aromatic heterocycles. The molecule has 2 N–H and O–H groups in total. The first-order chi connectivity index (χ1) is 15.1. The van der Waals surface area contributed by atoms with Gasteiger partial charge in [-0.05, 0) is 30.5 Å². The molecule has 1 amide bonds. The number of hydrogen-bond acceptors (Lipinski definition) is 7. The van der Waals surface area contributed by atoms with Crippen molar-refractivity contribution in [1.82, 2.24) is 14.9 Å². The number of amides is 1. The van der Waals surface area contributed by atoms with Crippen molar-refractivity contribution >= 4 is 28.6 Å². The molecule has 0 bridgehead atoms. The van der Waals surface area contributed by atoms with E-state index in [1.165, 1.54) is 0 Å². The third kappa shape index (κ3) is 3.28. The van der Waals surface area contributed by atoms with Gasteiger partial charge in [0.1, 0.15) is 5.82 Å². The number of ether oxygens (including phenoxy) is 2. The number of anilines is 2. The predicted molar refractivity (Wildman–Crippen MR) is 119 cm³/mol. The number of methoxy groups -OCH3 is 2. The van der Waals surface area contributed by atoms with E-state index < -0.39 is 0 Å². The molecule has 31 heavy (non-hydrogen) atoms. The van der Waals surface area contributed by atoms with Gasteiger partial charge >= 0.3 is 0 Å². The number of carbonyl (C=O) groups excluding carboxylic acids is 1. The van der Waals surface area contributed by atoms with Crippen LogP contribution >= 0.6 is 0 Å². The summed E-state index contributed by atoms with van der Waals surface area (Å²) in [5.74, 6) is 2.35. The molecule has 2 aliphatic rings. The maximum absolute atomic E-state index is 12.8. The van der Waals surface area contributed by atoms with Crippen LogP contribution in [0.5, 0.6) is 11.5 Å². The number of nitrogen functional groups attached to an aromatic ring is 1. The summed E-state index contributed by atoms with van der Waals surface area (Å²) in [4.78, 5) is 26.2. The number of hydrogen-bond donors (Lipinski definition) is 1. The van der Waals surface area contributed by atoms with Crippen LogP contribution in [-0.2, 0) is 6.54 Å². The molecule has 8 heteroatoms. The smallest absolute Gasteiger partial charge is 0.254 e. The summed E-state index contributed by atoms with van der Waals surface area (Å²) in [6.07, 6.45) is 1.74. The van der Waals surface area contributed by atoms with Crippen molar-refractivity contribution in [2.75, 3.05) is 37.9 Å². The fourth-order valence-corrected chi connectivity index (χ4v) is 4.56. The lowest BCUT2D eigenvalue weighted by molar-refractivity contribution is 0.0675. The maximum Gasteiger partial charge on any atom is 0.254 e. The molecule has 1 saturated heterocycles. The van der Waals surface area contributed by atoms with Crippen LogP contribution in [-0.4, -0.2) is 54.1 Å². The first-order valence-electron chi connectivity index (χ1n) is 10.4. The van der Waals surface area contributed by atoms with Crippen LogP contribution in [0.25, 0.3) is 10.9 Å². The van der Waals surface area contributed by atoms with E-state index in [1.54, 1.807) is 20.3 Å². The van der Waals surface area contributed by atoms with Crippen LogP contribution in [0.4, 0.5) is 11.8 Å². The van der Waals surface area contributed by atoms with E-state index in [-0.39, 0.29) is 11.9 Å².